The molecule has 25 heavy (non-hydrogen) atoms. The molecular weight excluding hydrogens is 314 g/mol. The summed E-state index contributed by atoms with van der Waals surface area (Å²) in [5.41, 5.74) is 4.44. The van der Waals surface area contributed by atoms with Crippen LogP contribution in [0.4, 0.5) is 0 Å². The van der Waals surface area contributed by atoms with Crippen LogP contribution < -0.4 is 5.32 Å². The molecule has 1 aliphatic rings. The Balaban J connectivity index is 1.81. The van der Waals surface area contributed by atoms with E-state index in [4.69, 9.17) is 4.74 Å². The quantitative estimate of drug-likeness (QED) is 0.908. The number of amides is 1. The van der Waals surface area contributed by atoms with E-state index >= 15 is 0 Å². The van der Waals surface area contributed by atoms with E-state index < -0.39 is 0 Å². The molecule has 0 unspecified atom stereocenters. The van der Waals surface area contributed by atoms with Gasteiger partial charge in [-0.2, -0.15) is 0 Å². The second-order valence-electron chi connectivity index (χ2n) is 6.54. The Morgan fingerprint density at radius 3 is 2.80 bits per heavy atom. The standard InChI is InChI=1S/C20H25N3O2/c1-15-5-6-16(2)18(12-15)20(17-4-3-7-21-13-17)22-19(24)14-23-8-10-25-11-9-23/h3-7,12-13,20H,8-11,14H2,1-2H3,(H,22,24)/t20-/m1/s1. The molecular formula is C20H25N3O2. The largest absolute Gasteiger partial charge is 0.379 e. The van der Waals surface area contributed by atoms with Gasteiger partial charge in [0, 0.05) is 25.5 Å². The third kappa shape index (κ3) is 4.65. The van der Waals surface area contributed by atoms with Gasteiger partial charge in [-0.25, -0.2) is 0 Å². The molecule has 0 bridgehead atoms. The number of carbonyl (C=O) groups excluding carboxylic acids is 1. The SMILES string of the molecule is Cc1ccc(C)c([C@H](NC(=O)CN2CCOCC2)c2cccnc2)c1. The summed E-state index contributed by atoms with van der Waals surface area (Å²) in [5, 5.41) is 3.20. The molecule has 0 spiro atoms. The summed E-state index contributed by atoms with van der Waals surface area (Å²) in [6.07, 6.45) is 3.57. The van der Waals surface area contributed by atoms with Gasteiger partial charge in [0.15, 0.2) is 0 Å². The third-order valence-electron chi connectivity index (χ3n) is 4.54. The van der Waals surface area contributed by atoms with E-state index in [1.165, 1.54) is 5.56 Å². The lowest BCUT2D eigenvalue weighted by Gasteiger charge is -2.27. The molecule has 1 aromatic carbocycles. The van der Waals surface area contributed by atoms with Gasteiger partial charge < -0.3 is 10.1 Å². The second-order valence-corrected chi connectivity index (χ2v) is 6.54. The van der Waals surface area contributed by atoms with Crippen molar-refractivity contribution in [2.24, 2.45) is 0 Å². The molecule has 1 aromatic heterocycles. The molecule has 0 saturated carbocycles. The van der Waals surface area contributed by atoms with Gasteiger partial charge in [-0.15, -0.1) is 0 Å². The molecule has 132 valence electrons. The monoisotopic (exact) mass is 339 g/mol. The maximum Gasteiger partial charge on any atom is 0.234 e. The number of benzene rings is 1. The molecule has 3 rings (SSSR count). The van der Waals surface area contributed by atoms with E-state index in [1.54, 1.807) is 6.20 Å². The van der Waals surface area contributed by atoms with Crippen LogP contribution in [-0.4, -0.2) is 48.6 Å². The number of rotatable bonds is 5. The van der Waals surface area contributed by atoms with Gasteiger partial charge >= 0.3 is 0 Å². The number of ether oxygens (including phenoxy) is 1. The van der Waals surface area contributed by atoms with Crippen molar-refractivity contribution in [3.8, 4) is 0 Å². The van der Waals surface area contributed by atoms with Crippen LogP contribution in [-0.2, 0) is 9.53 Å². The van der Waals surface area contributed by atoms with Gasteiger partial charge in [0.2, 0.25) is 5.91 Å². The smallest absolute Gasteiger partial charge is 0.234 e. The topological polar surface area (TPSA) is 54.5 Å². The number of morpholine rings is 1. The minimum absolute atomic E-state index is 0.0247. The minimum Gasteiger partial charge on any atom is -0.379 e. The van der Waals surface area contributed by atoms with E-state index in [0.29, 0.717) is 19.8 Å². The highest BCUT2D eigenvalue weighted by atomic mass is 16.5. The fourth-order valence-electron chi connectivity index (χ4n) is 3.13. The minimum atomic E-state index is -0.192. The summed E-state index contributed by atoms with van der Waals surface area (Å²) in [4.78, 5) is 19.0. The number of nitrogens with zero attached hydrogens (tertiary/aromatic N) is 2. The van der Waals surface area contributed by atoms with Gasteiger partial charge in [0.1, 0.15) is 0 Å². The molecule has 1 amide bonds. The number of hydrogen-bond acceptors (Lipinski definition) is 4. The normalized spacial score (nSPS) is 16.4. The van der Waals surface area contributed by atoms with Crippen molar-refractivity contribution >= 4 is 5.91 Å². The molecule has 0 radical (unpaired) electrons. The van der Waals surface area contributed by atoms with Crippen molar-refractivity contribution in [1.29, 1.82) is 0 Å². The van der Waals surface area contributed by atoms with E-state index in [1.807, 2.05) is 18.3 Å². The number of hydrogen-bond donors (Lipinski definition) is 1. The maximum absolute atomic E-state index is 12.7. The Morgan fingerprint density at radius 1 is 1.28 bits per heavy atom. The summed E-state index contributed by atoms with van der Waals surface area (Å²) in [6.45, 7) is 7.52. The first-order valence-corrected chi connectivity index (χ1v) is 8.70. The number of pyridine rings is 1. The first kappa shape index (κ1) is 17.6. The summed E-state index contributed by atoms with van der Waals surface area (Å²) in [7, 11) is 0. The van der Waals surface area contributed by atoms with Crippen molar-refractivity contribution in [1.82, 2.24) is 15.2 Å². The zero-order valence-corrected chi connectivity index (χ0v) is 14.9. The van der Waals surface area contributed by atoms with Crippen LogP contribution in [0.5, 0.6) is 0 Å². The van der Waals surface area contributed by atoms with Gasteiger partial charge in [0.05, 0.1) is 25.8 Å². The average Bonchev–Trinajstić information content (AvgIpc) is 2.63. The van der Waals surface area contributed by atoms with Crippen LogP contribution in [0.1, 0.15) is 28.3 Å². The Kier molecular flexibility index (Phi) is 5.79. The second kappa shape index (κ2) is 8.23. The van der Waals surface area contributed by atoms with Crippen LogP contribution >= 0.6 is 0 Å². The fraction of sp³-hybridized carbons (Fsp3) is 0.400. The average molecular weight is 339 g/mol. The maximum atomic E-state index is 12.7. The van der Waals surface area contributed by atoms with Crippen LogP contribution in [0, 0.1) is 13.8 Å². The van der Waals surface area contributed by atoms with Crippen LogP contribution in [0.25, 0.3) is 0 Å². The number of aryl methyl sites for hydroxylation is 2. The molecule has 1 N–H and O–H groups in total. The molecule has 1 fully saturated rings. The van der Waals surface area contributed by atoms with Crippen molar-refractivity contribution in [3.05, 3.63) is 65.0 Å². The zero-order chi connectivity index (χ0) is 17.6. The van der Waals surface area contributed by atoms with E-state index in [9.17, 15) is 4.79 Å². The molecule has 1 aliphatic heterocycles. The Morgan fingerprint density at radius 2 is 2.08 bits per heavy atom. The Labute approximate surface area is 149 Å². The highest BCUT2D eigenvalue weighted by Crippen LogP contribution is 2.25. The van der Waals surface area contributed by atoms with E-state index in [2.05, 4.69) is 47.2 Å². The summed E-state index contributed by atoms with van der Waals surface area (Å²) in [6, 6.07) is 10.1. The third-order valence-corrected chi connectivity index (χ3v) is 4.54. The van der Waals surface area contributed by atoms with Crippen molar-refractivity contribution < 1.29 is 9.53 Å². The Hall–Kier alpha value is -2.24. The molecule has 2 heterocycles. The summed E-state index contributed by atoms with van der Waals surface area (Å²) < 4.78 is 5.35. The molecule has 0 aliphatic carbocycles. The first-order chi connectivity index (χ1) is 12.1. The highest BCUT2D eigenvalue weighted by molar-refractivity contribution is 5.79. The number of aromatic nitrogens is 1. The van der Waals surface area contributed by atoms with Gasteiger partial charge in [-0.1, -0.05) is 29.8 Å². The lowest BCUT2D eigenvalue weighted by Crippen LogP contribution is -2.44. The van der Waals surface area contributed by atoms with E-state index in [0.717, 1.165) is 29.8 Å². The van der Waals surface area contributed by atoms with Gasteiger partial charge in [0.25, 0.3) is 0 Å². The first-order valence-electron chi connectivity index (χ1n) is 8.70. The number of nitrogens with one attached hydrogen (secondary N) is 1. The lowest BCUT2D eigenvalue weighted by molar-refractivity contribution is -0.123. The van der Waals surface area contributed by atoms with Crippen molar-refractivity contribution in [2.75, 3.05) is 32.8 Å². The molecule has 2 aromatic rings. The van der Waals surface area contributed by atoms with Gasteiger partial charge in [-0.05, 0) is 36.6 Å². The van der Waals surface area contributed by atoms with Gasteiger partial charge in [-0.3, -0.25) is 14.7 Å². The predicted molar refractivity (Wildman–Crippen MR) is 97.4 cm³/mol. The molecule has 5 heteroatoms. The van der Waals surface area contributed by atoms with E-state index in [-0.39, 0.29) is 11.9 Å². The molecule has 1 atom stereocenters. The predicted octanol–water partition coefficient (Wildman–Crippen LogP) is 2.24. The zero-order valence-electron chi connectivity index (χ0n) is 14.9. The van der Waals surface area contributed by atoms with Crippen LogP contribution in [0.2, 0.25) is 0 Å². The molecule has 5 nitrogen and oxygen atoms in total. The summed E-state index contributed by atoms with van der Waals surface area (Å²) >= 11 is 0. The van der Waals surface area contributed by atoms with Crippen LogP contribution in [0.15, 0.2) is 42.7 Å². The van der Waals surface area contributed by atoms with Crippen molar-refractivity contribution in [2.45, 2.75) is 19.9 Å². The number of carbonyl (C=O) groups is 1. The summed E-state index contributed by atoms with van der Waals surface area (Å²) in [5.74, 6) is 0.0247. The van der Waals surface area contributed by atoms with Crippen molar-refractivity contribution in [3.63, 3.8) is 0 Å². The molecule has 1 saturated heterocycles. The highest BCUT2D eigenvalue weighted by Gasteiger charge is 2.21. The fourth-order valence-corrected chi connectivity index (χ4v) is 3.13. The lowest BCUT2D eigenvalue weighted by atomic mass is 9.94. The Bertz CT molecular complexity index is 712. The van der Waals surface area contributed by atoms with Crippen LogP contribution in [0.3, 0.4) is 0 Å².